The van der Waals surface area contributed by atoms with Crippen LogP contribution >= 0.6 is 11.8 Å². The lowest BCUT2D eigenvalue weighted by molar-refractivity contribution is 0.102. The Labute approximate surface area is 108 Å². The summed E-state index contributed by atoms with van der Waals surface area (Å²) >= 11 is 1.49. The topological polar surface area (TPSA) is 81.6 Å². The summed E-state index contributed by atoms with van der Waals surface area (Å²) in [4.78, 5) is 13.0. The highest BCUT2D eigenvalue weighted by Gasteiger charge is 2.13. The van der Waals surface area contributed by atoms with Gasteiger partial charge in [-0.1, -0.05) is 12.1 Å². The number of hydrogen-bond acceptors (Lipinski definition) is 4. The summed E-state index contributed by atoms with van der Waals surface area (Å²) in [5.74, 6) is 0.0547. The predicted octanol–water partition coefficient (Wildman–Crippen LogP) is 2.26. The Hall–Kier alpha value is -2.26. The summed E-state index contributed by atoms with van der Waals surface area (Å²) in [6, 6.07) is 9.23. The third-order valence-electron chi connectivity index (χ3n) is 2.35. The molecular weight excluding hydrogens is 248 g/mol. The molecule has 0 bridgehead atoms. The largest absolute Gasteiger partial charge is 0.306 e. The second kappa shape index (κ2) is 5.38. The summed E-state index contributed by atoms with van der Waals surface area (Å²) in [6.45, 7) is 0. The maximum Gasteiger partial charge on any atom is 0.257 e. The number of rotatable bonds is 3. The monoisotopic (exact) mass is 258 g/mol. The second-order valence-corrected chi connectivity index (χ2v) is 4.27. The number of H-pyrrole nitrogens is 1. The van der Waals surface area contributed by atoms with Gasteiger partial charge < -0.3 is 5.32 Å². The Kier molecular flexibility index (Phi) is 3.65. The van der Waals surface area contributed by atoms with Crippen LogP contribution in [0.2, 0.25) is 0 Å². The van der Waals surface area contributed by atoms with Gasteiger partial charge in [-0.3, -0.25) is 9.89 Å². The van der Waals surface area contributed by atoms with Crippen molar-refractivity contribution >= 4 is 23.5 Å². The molecule has 1 aromatic carbocycles. The standard InChI is InChI=1S/C12H10N4OS/c1-18-10-5-3-2-4-9(10)12(17)15-11-8(6-13)7-14-16-11/h2-5,7H,1H3,(H2,14,15,16,17). The van der Waals surface area contributed by atoms with E-state index in [9.17, 15) is 4.79 Å². The van der Waals surface area contributed by atoms with Crippen LogP contribution in [0.25, 0.3) is 0 Å². The number of thioether (sulfide) groups is 1. The van der Waals surface area contributed by atoms with Gasteiger partial charge in [-0.25, -0.2) is 0 Å². The van der Waals surface area contributed by atoms with Crippen LogP contribution in [0.3, 0.4) is 0 Å². The Morgan fingerprint density at radius 2 is 2.28 bits per heavy atom. The van der Waals surface area contributed by atoms with E-state index in [-0.39, 0.29) is 5.91 Å². The zero-order valence-corrected chi connectivity index (χ0v) is 10.4. The molecule has 0 saturated heterocycles. The summed E-state index contributed by atoms with van der Waals surface area (Å²) in [6.07, 6.45) is 3.28. The number of carbonyl (C=O) groups is 1. The summed E-state index contributed by atoms with van der Waals surface area (Å²) in [5, 5.41) is 17.8. The molecule has 0 unspecified atom stereocenters. The predicted molar refractivity (Wildman–Crippen MR) is 69.5 cm³/mol. The van der Waals surface area contributed by atoms with Crippen LogP contribution in [0.4, 0.5) is 5.82 Å². The summed E-state index contributed by atoms with van der Waals surface area (Å²) in [7, 11) is 0. The molecule has 0 spiro atoms. The number of hydrogen-bond donors (Lipinski definition) is 2. The van der Waals surface area contributed by atoms with Gasteiger partial charge in [0.2, 0.25) is 0 Å². The van der Waals surface area contributed by atoms with Gasteiger partial charge in [-0.15, -0.1) is 11.8 Å². The summed E-state index contributed by atoms with van der Waals surface area (Å²) < 4.78 is 0. The Morgan fingerprint density at radius 3 is 3.00 bits per heavy atom. The molecule has 0 saturated carbocycles. The molecule has 2 rings (SSSR count). The molecular formula is C12H10N4OS. The van der Waals surface area contributed by atoms with Crippen molar-refractivity contribution in [3.8, 4) is 6.07 Å². The van der Waals surface area contributed by atoms with Crippen LogP contribution in [-0.2, 0) is 0 Å². The Morgan fingerprint density at radius 1 is 1.50 bits per heavy atom. The van der Waals surface area contributed by atoms with Gasteiger partial charge in [0.1, 0.15) is 17.5 Å². The average Bonchev–Trinajstić information content (AvgIpc) is 2.85. The number of aromatic amines is 1. The fourth-order valence-corrected chi connectivity index (χ4v) is 2.07. The minimum absolute atomic E-state index is 0.263. The molecule has 18 heavy (non-hydrogen) atoms. The summed E-state index contributed by atoms with van der Waals surface area (Å²) in [5.41, 5.74) is 0.883. The van der Waals surface area contributed by atoms with Crippen molar-refractivity contribution in [3.63, 3.8) is 0 Å². The van der Waals surface area contributed by atoms with Crippen LogP contribution in [0.15, 0.2) is 35.4 Å². The fraction of sp³-hybridized carbons (Fsp3) is 0.0833. The molecule has 0 aliphatic carbocycles. The smallest absolute Gasteiger partial charge is 0.257 e. The molecule has 5 nitrogen and oxygen atoms in total. The minimum Gasteiger partial charge on any atom is -0.306 e. The lowest BCUT2D eigenvalue weighted by Crippen LogP contribution is -2.14. The normalized spacial score (nSPS) is 9.78. The maximum absolute atomic E-state index is 12.1. The number of benzene rings is 1. The van der Waals surface area contributed by atoms with Crippen LogP contribution < -0.4 is 5.32 Å². The van der Waals surface area contributed by atoms with E-state index in [0.717, 1.165) is 4.90 Å². The van der Waals surface area contributed by atoms with E-state index in [0.29, 0.717) is 16.9 Å². The average molecular weight is 258 g/mol. The van der Waals surface area contributed by atoms with E-state index in [1.807, 2.05) is 24.5 Å². The van der Waals surface area contributed by atoms with Crippen LogP contribution in [0.5, 0.6) is 0 Å². The van der Waals surface area contributed by atoms with Crippen molar-refractivity contribution in [2.75, 3.05) is 11.6 Å². The van der Waals surface area contributed by atoms with Crippen LogP contribution in [0.1, 0.15) is 15.9 Å². The van der Waals surface area contributed by atoms with Gasteiger partial charge in [0.25, 0.3) is 5.91 Å². The SMILES string of the molecule is CSc1ccccc1C(=O)Nc1[nH]ncc1C#N. The number of nitriles is 1. The lowest BCUT2D eigenvalue weighted by atomic mass is 10.2. The molecule has 90 valence electrons. The molecule has 0 radical (unpaired) electrons. The first-order valence-corrected chi connectivity index (χ1v) is 6.36. The zero-order valence-electron chi connectivity index (χ0n) is 9.60. The molecule has 0 aliphatic heterocycles. The molecule has 0 atom stereocenters. The lowest BCUT2D eigenvalue weighted by Gasteiger charge is -2.06. The highest BCUT2D eigenvalue weighted by Crippen LogP contribution is 2.21. The fourth-order valence-electron chi connectivity index (χ4n) is 1.48. The first-order valence-electron chi connectivity index (χ1n) is 5.14. The van der Waals surface area contributed by atoms with Crippen molar-refractivity contribution < 1.29 is 4.79 Å². The van der Waals surface area contributed by atoms with E-state index >= 15 is 0 Å². The van der Waals surface area contributed by atoms with E-state index < -0.39 is 0 Å². The number of carbonyl (C=O) groups excluding carboxylic acids is 1. The van der Waals surface area contributed by atoms with Gasteiger partial charge in [0.05, 0.1) is 11.8 Å². The third kappa shape index (κ3) is 2.36. The number of nitrogens with zero attached hydrogens (tertiary/aromatic N) is 2. The van der Waals surface area contributed by atoms with Gasteiger partial charge in [0.15, 0.2) is 0 Å². The van der Waals surface area contributed by atoms with E-state index in [1.54, 1.807) is 12.1 Å². The van der Waals surface area contributed by atoms with Crippen molar-refractivity contribution in [2.24, 2.45) is 0 Å². The van der Waals surface area contributed by atoms with Gasteiger partial charge in [-0.2, -0.15) is 10.4 Å². The molecule has 1 aromatic heterocycles. The highest BCUT2D eigenvalue weighted by molar-refractivity contribution is 7.98. The molecule has 0 fully saturated rings. The number of anilines is 1. The molecule has 1 heterocycles. The molecule has 2 N–H and O–H groups in total. The Balaban J connectivity index is 2.25. The van der Waals surface area contributed by atoms with Crippen molar-refractivity contribution in [1.29, 1.82) is 5.26 Å². The molecule has 2 aromatic rings. The quantitative estimate of drug-likeness (QED) is 0.827. The minimum atomic E-state index is -0.263. The third-order valence-corrected chi connectivity index (χ3v) is 3.15. The van der Waals surface area contributed by atoms with E-state index in [2.05, 4.69) is 15.5 Å². The molecule has 0 aliphatic rings. The maximum atomic E-state index is 12.1. The van der Waals surface area contributed by atoms with Gasteiger partial charge in [-0.05, 0) is 18.4 Å². The van der Waals surface area contributed by atoms with Crippen molar-refractivity contribution in [3.05, 3.63) is 41.6 Å². The first-order chi connectivity index (χ1) is 8.76. The molecule has 6 heteroatoms. The highest BCUT2D eigenvalue weighted by atomic mass is 32.2. The van der Waals surface area contributed by atoms with Crippen LogP contribution in [0, 0.1) is 11.3 Å². The zero-order chi connectivity index (χ0) is 13.0. The van der Waals surface area contributed by atoms with Gasteiger partial charge in [0, 0.05) is 4.90 Å². The van der Waals surface area contributed by atoms with E-state index in [4.69, 9.17) is 5.26 Å². The number of aromatic nitrogens is 2. The van der Waals surface area contributed by atoms with Crippen molar-refractivity contribution in [2.45, 2.75) is 4.90 Å². The van der Waals surface area contributed by atoms with Gasteiger partial charge >= 0.3 is 0 Å². The number of nitrogens with one attached hydrogen (secondary N) is 2. The second-order valence-electron chi connectivity index (χ2n) is 3.42. The first kappa shape index (κ1) is 12.2. The number of amides is 1. The Bertz CT molecular complexity index is 615. The van der Waals surface area contributed by atoms with E-state index in [1.165, 1.54) is 18.0 Å². The molecule has 1 amide bonds. The van der Waals surface area contributed by atoms with Crippen LogP contribution in [-0.4, -0.2) is 22.4 Å². The van der Waals surface area contributed by atoms with Crippen molar-refractivity contribution in [1.82, 2.24) is 10.2 Å².